The van der Waals surface area contributed by atoms with E-state index < -0.39 is 0 Å². The molecule has 0 saturated heterocycles. The van der Waals surface area contributed by atoms with Gasteiger partial charge in [-0.05, 0) is 36.8 Å². The van der Waals surface area contributed by atoms with E-state index in [9.17, 15) is 0 Å². The minimum absolute atomic E-state index is 0.141. The van der Waals surface area contributed by atoms with E-state index in [1.54, 1.807) is 25.3 Å². The van der Waals surface area contributed by atoms with Gasteiger partial charge in [-0.15, -0.1) is 0 Å². The quantitative estimate of drug-likeness (QED) is 0.864. The van der Waals surface area contributed by atoms with Gasteiger partial charge in [0.1, 0.15) is 6.10 Å². The number of benzene rings is 2. The summed E-state index contributed by atoms with van der Waals surface area (Å²) in [5.41, 5.74) is 7.94. The van der Waals surface area contributed by atoms with Crippen LogP contribution in [0.1, 0.15) is 24.2 Å². The number of rotatable bonds is 4. The van der Waals surface area contributed by atoms with Crippen LogP contribution in [0.25, 0.3) is 0 Å². The SMILES string of the molecule is COc1cc(C#N)ccc1OC(C)c1ccc(N)cc1. The van der Waals surface area contributed by atoms with E-state index in [-0.39, 0.29) is 6.10 Å². The normalized spacial score (nSPS) is 11.4. The lowest BCUT2D eigenvalue weighted by molar-refractivity contribution is 0.216. The van der Waals surface area contributed by atoms with Crippen LogP contribution in [0.2, 0.25) is 0 Å². The van der Waals surface area contributed by atoms with Crippen LogP contribution in [-0.4, -0.2) is 7.11 Å². The Hall–Kier alpha value is -2.67. The summed E-state index contributed by atoms with van der Waals surface area (Å²) in [5.74, 6) is 1.15. The smallest absolute Gasteiger partial charge is 0.162 e. The molecule has 102 valence electrons. The van der Waals surface area contributed by atoms with Gasteiger partial charge in [-0.25, -0.2) is 0 Å². The molecule has 0 heterocycles. The zero-order valence-corrected chi connectivity index (χ0v) is 11.5. The van der Waals surface area contributed by atoms with Gasteiger partial charge in [0.25, 0.3) is 0 Å². The first-order valence-corrected chi connectivity index (χ1v) is 6.24. The Morgan fingerprint density at radius 1 is 1.10 bits per heavy atom. The van der Waals surface area contributed by atoms with Crippen molar-refractivity contribution in [2.24, 2.45) is 0 Å². The van der Waals surface area contributed by atoms with Crippen LogP contribution >= 0.6 is 0 Å². The molecule has 20 heavy (non-hydrogen) atoms. The molecule has 2 aromatic rings. The Bertz CT molecular complexity index is 630. The van der Waals surface area contributed by atoms with Crippen LogP contribution in [0, 0.1) is 11.3 Å². The third-order valence-corrected chi connectivity index (χ3v) is 3.00. The molecule has 2 aromatic carbocycles. The zero-order chi connectivity index (χ0) is 14.5. The summed E-state index contributed by atoms with van der Waals surface area (Å²) < 4.78 is 11.1. The number of methoxy groups -OCH3 is 1. The molecule has 0 fully saturated rings. The number of nitrogens with two attached hydrogens (primary N) is 1. The Balaban J connectivity index is 2.21. The van der Waals surface area contributed by atoms with E-state index in [1.807, 2.05) is 31.2 Å². The number of hydrogen-bond acceptors (Lipinski definition) is 4. The van der Waals surface area contributed by atoms with E-state index in [0.29, 0.717) is 17.1 Å². The van der Waals surface area contributed by atoms with Gasteiger partial charge in [-0.2, -0.15) is 5.26 Å². The highest BCUT2D eigenvalue weighted by molar-refractivity contribution is 5.47. The molecule has 0 aliphatic carbocycles. The van der Waals surface area contributed by atoms with Gasteiger partial charge < -0.3 is 15.2 Å². The van der Waals surface area contributed by atoms with Crippen LogP contribution in [0.4, 0.5) is 5.69 Å². The van der Waals surface area contributed by atoms with E-state index in [1.165, 1.54) is 0 Å². The lowest BCUT2D eigenvalue weighted by atomic mass is 10.1. The third kappa shape index (κ3) is 3.01. The Labute approximate surface area is 118 Å². The van der Waals surface area contributed by atoms with Gasteiger partial charge in [-0.3, -0.25) is 0 Å². The second-order valence-corrected chi connectivity index (χ2v) is 4.40. The number of anilines is 1. The van der Waals surface area contributed by atoms with Crippen LogP contribution in [0.3, 0.4) is 0 Å². The number of ether oxygens (including phenoxy) is 2. The number of nitrogens with zero attached hydrogens (tertiary/aromatic N) is 1. The van der Waals surface area contributed by atoms with Crippen LogP contribution < -0.4 is 15.2 Å². The van der Waals surface area contributed by atoms with Gasteiger partial charge in [0.15, 0.2) is 11.5 Å². The monoisotopic (exact) mass is 268 g/mol. The highest BCUT2D eigenvalue weighted by Crippen LogP contribution is 2.32. The summed E-state index contributed by atoms with van der Waals surface area (Å²) in [6, 6.07) is 14.7. The van der Waals surface area contributed by atoms with Gasteiger partial charge in [0.2, 0.25) is 0 Å². The molecule has 0 aliphatic rings. The van der Waals surface area contributed by atoms with Crippen LogP contribution in [-0.2, 0) is 0 Å². The molecule has 1 atom stereocenters. The first-order valence-electron chi connectivity index (χ1n) is 6.24. The Morgan fingerprint density at radius 3 is 2.40 bits per heavy atom. The molecule has 0 bridgehead atoms. The van der Waals surface area contributed by atoms with E-state index >= 15 is 0 Å². The molecule has 0 saturated carbocycles. The minimum Gasteiger partial charge on any atom is -0.493 e. The van der Waals surface area contributed by atoms with Gasteiger partial charge in [-0.1, -0.05) is 12.1 Å². The fourth-order valence-corrected chi connectivity index (χ4v) is 1.86. The molecule has 0 aliphatic heterocycles. The van der Waals surface area contributed by atoms with Crippen molar-refractivity contribution in [1.29, 1.82) is 5.26 Å². The molecule has 1 unspecified atom stereocenters. The largest absolute Gasteiger partial charge is 0.493 e. The van der Waals surface area contributed by atoms with Crippen molar-refractivity contribution in [3.63, 3.8) is 0 Å². The van der Waals surface area contributed by atoms with Crippen molar-refractivity contribution >= 4 is 5.69 Å². The maximum Gasteiger partial charge on any atom is 0.162 e. The van der Waals surface area contributed by atoms with Crippen molar-refractivity contribution < 1.29 is 9.47 Å². The molecule has 2 N–H and O–H groups in total. The van der Waals surface area contributed by atoms with Crippen LogP contribution in [0.15, 0.2) is 42.5 Å². The summed E-state index contributed by atoms with van der Waals surface area (Å²) in [6.45, 7) is 1.95. The Kier molecular flexibility index (Phi) is 4.11. The lowest BCUT2D eigenvalue weighted by Gasteiger charge is -2.17. The van der Waals surface area contributed by atoms with E-state index in [2.05, 4.69) is 6.07 Å². The molecular weight excluding hydrogens is 252 g/mol. The standard InChI is InChI=1S/C16H16N2O2/c1-11(13-4-6-14(18)7-5-13)20-15-8-3-12(10-17)9-16(15)19-2/h3-9,11H,18H2,1-2H3. The molecular formula is C16H16N2O2. The lowest BCUT2D eigenvalue weighted by Crippen LogP contribution is -2.04. The average molecular weight is 268 g/mol. The molecule has 0 radical (unpaired) electrons. The third-order valence-electron chi connectivity index (χ3n) is 3.00. The molecule has 2 rings (SSSR count). The molecule has 0 amide bonds. The van der Waals surface area contributed by atoms with Gasteiger partial charge in [0, 0.05) is 11.8 Å². The zero-order valence-electron chi connectivity index (χ0n) is 11.5. The van der Waals surface area contributed by atoms with Crippen LogP contribution in [0.5, 0.6) is 11.5 Å². The van der Waals surface area contributed by atoms with Crippen molar-refractivity contribution in [2.45, 2.75) is 13.0 Å². The van der Waals surface area contributed by atoms with Crippen molar-refractivity contribution in [2.75, 3.05) is 12.8 Å². The second-order valence-electron chi connectivity index (χ2n) is 4.40. The van der Waals surface area contributed by atoms with Gasteiger partial charge >= 0.3 is 0 Å². The van der Waals surface area contributed by atoms with Crippen molar-refractivity contribution in [1.82, 2.24) is 0 Å². The maximum absolute atomic E-state index is 8.88. The topological polar surface area (TPSA) is 68.3 Å². The van der Waals surface area contributed by atoms with Crippen molar-refractivity contribution in [3.8, 4) is 17.6 Å². The van der Waals surface area contributed by atoms with E-state index in [4.69, 9.17) is 20.5 Å². The average Bonchev–Trinajstić information content (AvgIpc) is 2.48. The minimum atomic E-state index is -0.141. The maximum atomic E-state index is 8.88. The number of nitrogen functional groups attached to an aromatic ring is 1. The number of nitriles is 1. The summed E-state index contributed by atoms with van der Waals surface area (Å²) in [7, 11) is 1.55. The molecule has 0 spiro atoms. The molecule has 4 heteroatoms. The van der Waals surface area contributed by atoms with Crippen molar-refractivity contribution in [3.05, 3.63) is 53.6 Å². The van der Waals surface area contributed by atoms with Gasteiger partial charge in [0.05, 0.1) is 18.7 Å². The highest BCUT2D eigenvalue weighted by Gasteiger charge is 2.11. The number of hydrogen-bond donors (Lipinski definition) is 1. The summed E-state index contributed by atoms with van der Waals surface area (Å²) >= 11 is 0. The summed E-state index contributed by atoms with van der Waals surface area (Å²) in [5, 5.41) is 8.88. The van der Waals surface area contributed by atoms with E-state index in [0.717, 1.165) is 11.3 Å². The Morgan fingerprint density at radius 2 is 1.80 bits per heavy atom. The fraction of sp³-hybridized carbons (Fsp3) is 0.188. The highest BCUT2D eigenvalue weighted by atomic mass is 16.5. The second kappa shape index (κ2) is 5.98. The summed E-state index contributed by atoms with van der Waals surface area (Å²) in [4.78, 5) is 0. The first kappa shape index (κ1) is 13.8. The molecule has 4 nitrogen and oxygen atoms in total. The fourth-order valence-electron chi connectivity index (χ4n) is 1.86. The predicted molar refractivity (Wildman–Crippen MR) is 77.6 cm³/mol. The first-order chi connectivity index (χ1) is 9.63. The predicted octanol–water partition coefficient (Wildman–Crippen LogP) is 3.29. The summed E-state index contributed by atoms with van der Waals surface area (Å²) in [6.07, 6.45) is -0.141. The molecule has 0 aromatic heterocycles.